The summed E-state index contributed by atoms with van der Waals surface area (Å²) in [4.78, 5) is 47.8. The molecule has 4 rings (SSSR count). The second kappa shape index (κ2) is 8.94. The number of rotatable bonds is 3. The minimum Gasteiger partial charge on any atom is -0.383 e. The molecule has 9 nitrogen and oxygen atoms in total. The number of nitrogen functional groups attached to an aromatic ring is 1. The number of hydrogen-bond acceptors (Lipinski definition) is 6. The molecule has 0 aliphatic carbocycles. The zero-order chi connectivity index (χ0) is 22.8. The van der Waals surface area contributed by atoms with Crippen molar-refractivity contribution in [2.45, 2.75) is 52.0 Å². The van der Waals surface area contributed by atoms with E-state index >= 15 is 0 Å². The van der Waals surface area contributed by atoms with Gasteiger partial charge in [-0.25, -0.2) is 9.97 Å². The molecule has 1 fully saturated rings. The normalized spacial score (nSPS) is 20.3. The second-order valence-corrected chi connectivity index (χ2v) is 8.56. The summed E-state index contributed by atoms with van der Waals surface area (Å²) < 4.78 is 0. The highest BCUT2D eigenvalue weighted by molar-refractivity contribution is 6.39. The summed E-state index contributed by atoms with van der Waals surface area (Å²) in [6.07, 6.45) is 6.55. The first kappa shape index (κ1) is 21.7. The van der Waals surface area contributed by atoms with Crippen molar-refractivity contribution in [2.24, 2.45) is 5.92 Å². The molecule has 2 atom stereocenters. The van der Waals surface area contributed by atoms with Crippen LogP contribution in [0.2, 0.25) is 0 Å². The van der Waals surface area contributed by atoms with Crippen molar-refractivity contribution in [3.63, 3.8) is 0 Å². The maximum absolute atomic E-state index is 13.2. The Morgan fingerprint density at radius 1 is 1.22 bits per heavy atom. The first-order chi connectivity index (χ1) is 15.4. The monoisotopic (exact) mass is 436 g/mol. The van der Waals surface area contributed by atoms with Gasteiger partial charge in [-0.2, -0.15) is 0 Å². The number of fused-ring (bicyclic) bond motifs is 1. The summed E-state index contributed by atoms with van der Waals surface area (Å²) in [5, 5.41) is 5.45. The van der Waals surface area contributed by atoms with Gasteiger partial charge in [0, 0.05) is 19.2 Å². The van der Waals surface area contributed by atoms with Gasteiger partial charge in [0.25, 0.3) is 0 Å². The number of amides is 3. The van der Waals surface area contributed by atoms with E-state index in [1.807, 2.05) is 13.0 Å². The molecule has 0 aromatic carbocycles. The van der Waals surface area contributed by atoms with Crippen molar-refractivity contribution in [1.29, 1.82) is 0 Å². The second-order valence-electron chi connectivity index (χ2n) is 8.56. The number of carbonyl (C=O) groups is 3. The first-order valence-corrected chi connectivity index (χ1v) is 11.0. The van der Waals surface area contributed by atoms with Crippen LogP contribution in [-0.2, 0) is 27.2 Å². The molecular formula is C23H28N6O3. The Morgan fingerprint density at radius 2 is 2.03 bits per heavy atom. The number of anilines is 3. The highest BCUT2D eigenvalue weighted by Gasteiger charge is 2.35. The van der Waals surface area contributed by atoms with Gasteiger partial charge in [0.05, 0.1) is 17.9 Å². The fourth-order valence-electron chi connectivity index (χ4n) is 4.37. The molecule has 32 heavy (non-hydrogen) atoms. The smallest absolute Gasteiger partial charge is 0.313 e. The summed E-state index contributed by atoms with van der Waals surface area (Å²) in [6.45, 7) is 4.51. The van der Waals surface area contributed by atoms with Crippen molar-refractivity contribution >= 4 is 35.0 Å². The topological polar surface area (TPSA) is 130 Å². The molecule has 168 valence electrons. The van der Waals surface area contributed by atoms with E-state index in [-0.39, 0.29) is 17.9 Å². The number of hydrogen-bond donors (Lipinski definition) is 3. The van der Waals surface area contributed by atoms with Gasteiger partial charge in [-0.3, -0.25) is 14.4 Å². The van der Waals surface area contributed by atoms with Crippen LogP contribution in [0.3, 0.4) is 0 Å². The third kappa shape index (κ3) is 4.42. The van der Waals surface area contributed by atoms with E-state index < -0.39 is 11.8 Å². The number of nitrogens with two attached hydrogens (primary N) is 1. The minimum absolute atomic E-state index is 0.0406. The quantitative estimate of drug-likeness (QED) is 0.634. The summed E-state index contributed by atoms with van der Waals surface area (Å²) in [6, 6.07) is 3.50. The largest absolute Gasteiger partial charge is 0.383 e. The van der Waals surface area contributed by atoms with Crippen LogP contribution in [0.25, 0.3) is 0 Å². The Kier molecular flexibility index (Phi) is 6.07. The van der Waals surface area contributed by atoms with Gasteiger partial charge in [-0.1, -0.05) is 13.8 Å². The first-order valence-electron chi connectivity index (χ1n) is 11.0. The number of aryl methyl sites for hydroxylation is 2. The molecule has 4 N–H and O–H groups in total. The fraction of sp³-hybridized carbons (Fsp3) is 0.435. The third-order valence-electron chi connectivity index (χ3n) is 6.16. The Balaban J connectivity index is 1.55. The van der Waals surface area contributed by atoms with Gasteiger partial charge in [-0.15, -0.1) is 0 Å². The lowest BCUT2D eigenvalue weighted by molar-refractivity contribution is -0.146. The lowest BCUT2D eigenvalue weighted by Gasteiger charge is -2.38. The van der Waals surface area contributed by atoms with Crippen LogP contribution in [0.5, 0.6) is 0 Å². The van der Waals surface area contributed by atoms with Crippen LogP contribution in [0.15, 0.2) is 24.5 Å². The molecule has 0 saturated carbocycles. The molecule has 2 aromatic rings. The van der Waals surface area contributed by atoms with E-state index in [4.69, 9.17) is 5.73 Å². The van der Waals surface area contributed by atoms with E-state index in [1.165, 1.54) is 6.20 Å². The van der Waals surface area contributed by atoms with E-state index in [0.717, 1.165) is 29.5 Å². The predicted octanol–water partition coefficient (Wildman–Crippen LogP) is 2.44. The maximum atomic E-state index is 13.2. The molecule has 2 aliphatic rings. The number of piperidine rings is 1. The molecule has 3 amide bonds. The van der Waals surface area contributed by atoms with Crippen LogP contribution in [-0.4, -0.2) is 39.1 Å². The number of nitrogens with one attached hydrogen (secondary N) is 2. The lowest BCUT2D eigenvalue weighted by Crippen LogP contribution is -2.46. The van der Waals surface area contributed by atoms with Gasteiger partial charge in [-0.05, 0) is 60.4 Å². The van der Waals surface area contributed by atoms with E-state index in [9.17, 15) is 14.4 Å². The van der Waals surface area contributed by atoms with E-state index in [1.54, 1.807) is 17.2 Å². The summed E-state index contributed by atoms with van der Waals surface area (Å²) in [5.41, 5.74) is 8.93. The van der Waals surface area contributed by atoms with Crippen LogP contribution < -0.4 is 16.4 Å². The van der Waals surface area contributed by atoms with Gasteiger partial charge in [0.15, 0.2) is 0 Å². The Morgan fingerprint density at radius 3 is 2.81 bits per heavy atom. The molecule has 2 aromatic heterocycles. The number of nitrogens with zero attached hydrogens (tertiary/aromatic N) is 3. The van der Waals surface area contributed by atoms with Crippen LogP contribution in [0, 0.1) is 5.92 Å². The standard InChI is InChI=1S/C23H28N6O3/c1-3-14-9-17(11-25-20(14)24)27-22(31)23(32)29-12-13(2)4-6-18(29)16-8-15-5-7-19(30)28-21(15)26-10-16/h8-11,13,18H,3-7,12H2,1-2H3,(H2,24,25)(H,27,31)(H,26,28,30)/t13-,18+/m0/s1. The summed E-state index contributed by atoms with van der Waals surface area (Å²) in [5.74, 6) is -0.0394. The zero-order valence-electron chi connectivity index (χ0n) is 18.4. The average molecular weight is 437 g/mol. The van der Waals surface area contributed by atoms with Gasteiger partial charge in [0.1, 0.15) is 11.6 Å². The van der Waals surface area contributed by atoms with E-state index in [0.29, 0.717) is 43.1 Å². The Labute approximate surface area is 186 Å². The van der Waals surface area contributed by atoms with Gasteiger partial charge >= 0.3 is 11.8 Å². The van der Waals surface area contributed by atoms with Crippen molar-refractivity contribution < 1.29 is 14.4 Å². The minimum atomic E-state index is -0.698. The summed E-state index contributed by atoms with van der Waals surface area (Å²) >= 11 is 0. The number of carbonyl (C=O) groups excluding carboxylic acids is 3. The van der Waals surface area contributed by atoms with Gasteiger partial charge in [0.2, 0.25) is 5.91 Å². The maximum Gasteiger partial charge on any atom is 0.313 e. The summed E-state index contributed by atoms with van der Waals surface area (Å²) in [7, 11) is 0. The van der Waals surface area contributed by atoms with Crippen molar-refractivity contribution in [3.8, 4) is 0 Å². The number of aromatic nitrogens is 2. The number of pyridine rings is 2. The molecule has 0 spiro atoms. The van der Waals surface area contributed by atoms with Crippen molar-refractivity contribution in [1.82, 2.24) is 14.9 Å². The lowest BCUT2D eigenvalue weighted by atomic mass is 9.89. The van der Waals surface area contributed by atoms with Crippen molar-refractivity contribution in [2.75, 3.05) is 22.9 Å². The molecule has 9 heteroatoms. The fourth-order valence-corrected chi connectivity index (χ4v) is 4.37. The molecule has 4 heterocycles. The predicted molar refractivity (Wildman–Crippen MR) is 121 cm³/mol. The third-order valence-corrected chi connectivity index (χ3v) is 6.16. The highest BCUT2D eigenvalue weighted by Crippen LogP contribution is 2.35. The molecule has 0 radical (unpaired) electrons. The Bertz CT molecular complexity index is 1070. The van der Waals surface area contributed by atoms with Crippen LogP contribution >= 0.6 is 0 Å². The highest BCUT2D eigenvalue weighted by atomic mass is 16.2. The molecule has 0 unspecified atom stereocenters. The zero-order valence-corrected chi connectivity index (χ0v) is 18.4. The average Bonchev–Trinajstić information content (AvgIpc) is 2.79. The molecule has 2 aliphatic heterocycles. The number of likely N-dealkylation sites (tertiary alicyclic amines) is 1. The van der Waals surface area contributed by atoms with Crippen molar-refractivity contribution in [3.05, 3.63) is 41.2 Å². The van der Waals surface area contributed by atoms with E-state index in [2.05, 4.69) is 27.5 Å². The van der Waals surface area contributed by atoms with Gasteiger partial charge < -0.3 is 21.3 Å². The molecule has 0 bridgehead atoms. The van der Waals surface area contributed by atoms with Crippen LogP contribution in [0.4, 0.5) is 17.3 Å². The van der Waals surface area contributed by atoms with Crippen LogP contribution in [0.1, 0.15) is 55.8 Å². The Hall–Kier alpha value is -3.49. The SMILES string of the molecule is CCc1cc(NC(=O)C(=O)N2C[C@@H](C)CC[C@@H]2c2cnc3c(c2)CCC(=O)N3)cnc1N. The molecule has 1 saturated heterocycles. The molecular weight excluding hydrogens is 408 g/mol.